The number of benzene rings is 1. The molecule has 4 atom stereocenters. The SMILES string of the molecule is C[C@H]1C(=O)C[C@@H]2C[C@H]1OO[C@]2(C)C=Cc1ccc(C(F)(F)F)cc1C(F)(F)F. The predicted octanol–water partition coefficient (Wildman–Crippen LogP) is 5.44. The molecule has 0 radical (unpaired) electrons. The second-order valence-electron chi connectivity index (χ2n) is 7.42. The number of hydrogen-bond donors (Lipinski definition) is 0. The number of alkyl halides is 6. The first-order valence-corrected chi connectivity index (χ1v) is 8.66. The number of halogens is 6. The fraction of sp³-hybridized carbons (Fsp3) is 0.526. The Balaban J connectivity index is 1.92. The molecule has 1 heterocycles. The van der Waals surface area contributed by atoms with Crippen LogP contribution in [0.5, 0.6) is 0 Å². The van der Waals surface area contributed by atoms with Gasteiger partial charge in [0.1, 0.15) is 17.5 Å². The third-order valence-corrected chi connectivity index (χ3v) is 5.47. The van der Waals surface area contributed by atoms with E-state index in [0.717, 1.165) is 12.1 Å². The molecule has 1 saturated carbocycles. The monoisotopic (exact) mass is 408 g/mol. The van der Waals surface area contributed by atoms with E-state index in [9.17, 15) is 31.1 Å². The molecule has 1 aromatic rings. The van der Waals surface area contributed by atoms with Crippen LogP contribution in [0.25, 0.3) is 6.08 Å². The van der Waals surface area contributed by atoms with Gasteiger partial charge < -0.3 is 0 Å². The van der Waals surface area contributed by atoms with E-state index >= 15 is 0 Å². The van der Waals surface area contributed by atoms with Crippen molar-refractivity contribution in [2.75, 3.05) is 0 Å². The van der Waals surface area contributed by atoms with Crippen molar-refractivity contribution < 1.29 is 40.9 Å². The molecule has 154 valence electrons. The molecule has 2 fully saturated rings. The van der Waals surface area contributed by atoms with Gasteiger partial charge in [0.25, 0.3) is 0 Å². The molecule has 0 aromatic heterocycles. The first kappa shape index (κ1) is 20.9. The molecule has 0 spiro atoms. The van der Waals surface area contributed by atoms with Crippen molar-refractivity contribution in [2.45, 2.75) is 50.7 Å². The van der Waals surface area contributed by atoms with Crippen LogP contribution in [0.15, 0.2) is 24.3 Å². The molecular formula is C19H18F6O3. The topological polar surface area (TPSA) is 35.5 Å². The van der Waals surface area contributed by atoms with E-state index < -0.39 is 40.7 Å². The van der Waals surface area contributed by atoms with Gasteiger partial charge in [-0.05, 0) is 37.1 Å². The Bertz CT molecular complexity index is 798. The third-order valence-electron chi connectivity index (χ3n) is 5.47. The van der Waals surface area contributed by atoms with Crippen LogP contribution in [-0.2, 0) is 26.9 Å². The molecule has 0 unspecified atom stereocenters. The zero-order valence-corrected chi connectivity index (χ0v) is 15.0. The quantitative estimate of drug-likeness (QED) is 0.483. The zero-order valence-electron chi connectivity index (χ0n) is 15.0. The van der Waals surface area contributed by atoms with Gasteiger partial charge in [0.15, 0.2) is 0 Å². The van der Waals surface area contributed by atoms with E-state index in [4.69, 9.17) is 9.78 Å². The Morgan fingerprint density at radius 2 is 1.82 bits per heavy atom. The number of ketones is 1. The molecule has 1 aromatic carbocycles. The summed E-state index contributed by atoms with van der Waals surface area (Å²) in [6, 6.07) is 1.45. The molecule has 3 nitrogen and oxygen atoms in total. The Labute approximate surface area is 157 Å². The van der Waals surface area contributed by atoms with Crippen molar-refractivity contribution in [3.63, 3.8) is 0 Å². The van der Waals surface area contributed by atoms with Crippen LogP contribution in [0, 0.1) is 11.8 Å². The Kier molecular flexibility index (Phi) is 5.12. The third kappa shape index (κ3) is 3.96. The Hall–Kier alpha value is -1.87. The molecule has 9 heteroatoms. The Morgan fingerprint density at radius 1 is 1.14 bits per heavy atom. The van der Waals surface area contributed by atoms with Gasteiger partial charge in [-0.3, -0.25) is 4.79 Å². The lowest BCUT2D eigenvalue weighted by Crippen LogP contribution is -2.52. The number of carbonyl (C=O) groups is 1. The second-order valence-corrected chi connectivity index (χ2v) is 7.42. The van der Waals surface area contributed by atoms with Gasteiger partial charge in [-0.15, -0.1) is 0 Å². The van der Waals surface area contributed by atoms with Crippen LogP contribution < -0.4 is 0 Å². The number of rotatable bonds is 2. The zero-order chi connectivity index (χ0) is 20.9. The highest BCUT2D eigenvalue weighted by molar-refractivity contribution is 5.82. The summed E-state index contributed by atoms with van der Waals surface area (Å²) in [5.74, 6) is -0.638. The molecule has 1 aliphatic carbocycles. The summed E-state index contributed by atoms with van der Waals surface area (Å²) in [6.45, 7) is 3.30. The summed E-state index contributed by atoms with van der Waals surface area (Å²) < 4.78 is 78.2. The predicted molar refractivity (Wildman–Crippen MR) is 86.7 cm³/mol. The van der Waals surface area contributed by atoms with Crippen molar-refractivity contribution in [3.05, 3.63) is 41.0 Å². The second kappa shape index (κ2) is 6.88. The van der Waals surface area contributed by atoms with E-state index in [-0.39, 0.29) is 30.1 Å². The number of hydrogen-bond acceptors (Lipinski definition) is 3. The van der Waals surface area contributed by atoms with Gasteiger partial charge in [-0.25, -0.2) is 9.78 Å². The summed E-state index contributed by atoms with van der Waals surface area (Å²) in [5, 5.41) is 0. The molecule has 2 bridgehead atoms. The van der Waals surface area contributed by atoms with E-state index in [1.165, 1.54) is 6.08 Å². The van der Waals surface area contributed by atoms with Crippen LogP contribution in [0.2, 0.25) is 0 Å². The van der Waals surface area contributed by atoms with Crippen molar-refractivity contribution in [1.82, 2.24) is 0 Å². The minimum Gasteiger partial charge on any atom is -0.299 e. The molecule has 0 amide bonds. The van der Waals surface area contributed by atoms with Gasteiger partial charge in [0.2, 0.25) is 0 Å². The van der Waals surface area contributed by atoms with Gasteiger partial charge in [-0.2, -0.15) is 26.3 Å². The molecule has 3 rings (SSSR count). The molecule has 0 N–H and O–H groups in total. The number of Topliss-reactive ketones (excluding diaryl/α,β-unsaturated/α-hetero) is 1. The number of carbonyl (C=O) groups excluding carboxylic acids is 1. The summed E-state index contributed by atoms with van der Waals surface area (Å²) in [4.78, 5) is 22.7. The standard InChI is InChI=1S/C19H18F6O3/c1-10-15(26)8-13-9-16(10)27-28-17(13,2)6-5-11-3-4-12(18(20,21)22)7-14(11)19(23,24)25/h3-7,10,13,16H,8-9H2,1-2H3/t10-,13+,16+,17+/m0/s1. The van der Waals surface area contributed by atoms with Crippen molar-refractivity contribution in [3.8, 4) is 0 Å². The first-order valence-electron chi connectivity index (χ1n) is 8.66. The lowest BCUT2D eigenvalue weighted by molar-refractivity contribution is -0.415. The normalized spacial score (nSPS) is 31.4. The summed E-state index contributed by atoms with van der Waals surface area (Å²) in [6.07, 6.45) is -7.18. The highest BCUT2D eigenvalue weighted by atomic mass is 19.4. The van der Waals surface area contributed by atoms with Gasteiger partial charge >= 0.3 is 12.4 Å². The van der Waals surface area contributed by atoms with E-state index in [1.807, 2.05) is 0 Å². The lowest BCUT2D eigenvalue weighted by atomic mass is 9.71. The average Bonchev–Trinajstić information content (AvgIpc) is 2.59. The maximum Gasteiger partial charge on any atom is 0.417 e. The van der Waals surface area contributed by atoms with Crippen LogP contribution >= 0.6 is 0 Å². The van der Waals surface area contributed by atoms with Crippen molar-refractivity contribution in [1.29, 1.82) is 0 Å². The largest absolute Gasteiger partial charge is 0.417 e. The molecular weight excluding hydrogens is 390 g/mol. The molecule has 2 aliphatic rings. The van der Waals surface area contributed by atoms with E-state index in [1.54, 1.807) is 13.8 Å². The van der Waals surface area contributed by atoms with Crippen LogP contribution in [0.1, 0.15) is 43.4 Å². The maximum absolute atomic E-state index is 13.3. The average molecular weight is 408 g/mol. The maximum atomic E-state index is 13.3. The lowest BCUT2D eigenvalue weighted by Gasteiger charge is -2.45. The fourth-order valence-electron chi connectivity index (χ4n) is 3.54. The molecule has 1 saturated heterocycles. The minimum absolute atomic E-state index is 0.0188. The van der Waals surface area contributed by atoms with Gasteiger partial charge in [0.05, 0.1) is 11.1 Å². The van der Waals surface area contributed by atoms with E-state index in [0.29, 0.717) is 12.5 Å². The summed E-state index contributed by atoms with van der Waals surface area (Å²) in [7, 11) is 0. The first-order chi connectivity index (χ1) is 12.8. The molecule has 28 heavy (non-hydrogen) atoms. The van der Waals surface area contributed by atoms with Crippen LogP contribution in [0.4, 0.5) is 26.3 Å². The summed E-state index contributed by atoms with van der Waals surface area (Å²) in [5.41, 5.74) is -4.37. The molecule has 1 aliphatic heterocycles. The summed E-state index contributed by atoms with van der Waals surface area (Å²) >= 11 is 0. The number of fused-ring (bicyclic) bond motifs is 2. The van der Waals surface area contributed by atoms with Crippen molar-refractivity contribution >= 4 is 11.9 Å². The van der Waals surface area contributed by atoms with Crippen molar-refractivity contribution in [2.24, 2.45) is 11.8 Å². The van der Waals surface area contributed by atoms with Gasteiger partial charge in [0, 0.05) is 18.3 Å². The highest BCUT2D eigenvalue weighted by Crippen LogP contribution is 2.44. The smallest absolute Gasteiger partial charge is 0.299 e. The minimum atomic E-state index is -4.97. The highest BCUT2D eigenvalue weighted by Gasteiger charge is 2.49. The van der Waals surface area contributed by atoms with Crippen LogP contribution in [0.3, 0.4) is 0 Å². The fourth-order valence-corrected chi connectivity index (χ4v) is 3.54. The van der Waals surface area contributed by atoms with Gasteiger partial charge in [-0.1, -0.05) is 19.1 Å². The van der Waals surface area contributed by atoms with E-state index in [2.05, 4.69) is 0 Å². The van der Waals surface area contributed by atoms with Crippen LogP contribution in [-0.4, -0.2) is 17.5 Å². The Morgan fingerprint density at radius 3 is 2.43 bits per heavy atom.